The summed E-state index contributed by atoms with van der Waals surface area (Å²) >= 11 is 1.38. The van der Waals surface area contributed by atoms with Crippen molar-refractivity contribution in [3.05, 3.63) is 47.1 Å². The second-order valence-corrected chi connectivity index (χ2v) is 7.99. The first-order valence-electron chi connectivity index (χ1n) is 9.10. The third kappa shape index (κ3) is 3.48. The smallest absolute Gasteiger partial charge is 0.264 e. The molecule has 0 bridgehead atoms. The van der Waals surface area contributed by atoms with Gasteiger partial charge in [0.25, 0.3) is 5.91 Å². The summed E-state index contributed by atoms with van der Waals surface area (Å²) in [6, 6.07) is 11.1. The van der Waals surface area contributed by atoms with E-state index in [9.17, 15) is 9.18 Å². The number of benzene rings is 1. The molecule has 3 nitrogen and oxygen atoms in total. The summed E-state index contributed by atoms with van der Waals surface area (Å²) in [5, 5.41) is 0. The van der Waals surface area contributed by atoms with Crippen LogP contribution in [-0.2, 0) is 0 Å². The van der Waals surface area contributed by atoms with E-state index < -0.39 is 0 Å². The van der Waals surface area contributed by atoms with Crippen LogP contribution in [0.25, 0.3) is 10.4 Å². The zero-order chi connectivity index (χ0) is 17.2. The molecule has 0 radical (unpaired) electrons. The van der Waals surface area contributed by atoms with Crippen LogP contribution in [-0.4, -0.2) is 47.9 Å². The number of amides is 1. The Bertz CT molecular complexity index is 746. The summed E-state index contributed by atoms with van der Waals surface area (Å²) in [6.07, 6.45) is 5.31. The molecule has 2 aliphatic rings. The second-order valence-electron chi connectivity index (χ2n) is 6.91. The highest BCUT2D eigenvalue weighted by Gasteiger charge is 2.28. The van der Waals surface area contributed by atoms with E-state index in [2.05, 4.69) is 4.90 Å². The molecule has 0 atom stereocenters. The van der Waals surface area contributed by atoms with Gasteiger partial charge in [-0.15, -0.1) is 11.3 Å². The molecule has 1 aliphatic carbocycles. The van der Waals surface area contributed by atoms with Crippen molar-refractivity contribution in [2.24, 2.45) is 0 Å². The third-order valence-corrected chi connectivity index (χ3v) is 6.51. The monoisotopic (exact) mass is 358 g/mol. The zero-order valence-electron chi connectivity index (χ0n) is 14.3. The van der Waals surface area contributed by atoms with Gasteiger partial charge in [0, 0.05) is 42.7 Å². The molecule has 4 rings (SSSR count). The fourth-order valence-electron chi connectivity index (χ4n) is 3.97. The minimum atomic E-state index is -0.242. The minimum absolute atomic E-state index is 0.0821. The fourth-order valence-corrected chi connectivity index (χ4v) is 4.98. The molecule has 1 aliphatic heterocycles. The highest BCUT2D eigenvalue weighted by Crippen LogP contribution is 2.31. The maximum absolute atomic E-state index is 13.9. The SMILES string of the molecule is O=C(c1ccc(-c2ccccc2F)s1)N1CCN(C2CCCC2)CC1. The van der Waals surface area contributed by atoms with Crippen LogP contribution in [0.5, 0.6) is 0 Å². The Labute approximate surface area is 152 Å². The van der Waals surface area contributed by atoms with Gasteiger partial charge in [-0.25, -0.2) is 4.39 Å². The van der Waals surface area contributed by atoms with Gasteiger partial charge in [0.1, 0.15) is 5.82 Å². The summed E-state index contributed by atoms with van der Waals surface area (Å²) in [5.41, 5.74) is 0.567. The quantitative estimate of drug-likeness (QED) is 0.819. The molecule has 1 saturated heterocycles. The Kier molecular flexibility index (Phi) is 4.86. The first-order valence-corrected chi connectivity index (χ1v) is 9.92. The largest absolute Gasteiger partial charge is 0.335 e. The van der Waals surface area contributed by atoms with Crippen LogP contribution < -0.4 is 0 Å². The lowest BCUT2D eigenvalue weighted by Crippen LogP contribution is -2.51. The zero-order valence-corrected chi connectivity index (χ0v) is 15.1. The molecule has 0 N–H and O–H groups in total. The molecule has 25 heavy (non-hydrogen) atoms. The number of hydrogen-bond donors (Lipinski definition) is 0. The standard InChI is InChI=1S/C20H23FN2OS/c21-17-8-4-3-7-16(17)18-9-10-19(25-18)20(24)23-13-11-22(12-14-23)15-5-1-2-6-15/h3-4,7-10,15H,1-2,5-6,11-14H2. The first-order chi connectivity index (χ1) is 12.2. The lowest BCUT2D eigenvalue weighted by atomic mass is 10.1. The van der Waals surface area contributed by atoms with E-state index in [0.717, 1.165) is 37.1 Å². The fraction of sp³-hybridized carbons (Fsp3) is 0.450. The van der Waals surface area contributed by atoms with E-state index in [0.29, 0.717) is 10.4 Å². The molecule has 2 fully saturated rings. The van der Waals surface area contributed by atoms with Crippen molar-refractivity contribution in [3.8, 4) is 10.4 Å². The number of piperazine rings is 1. The van der Waals surface area contributed by atoms with Crippen molar-refractivity contribution in [3.63, 3.8) is 0 Å². The van der Waals surface area contributed by atoms with E-state index in [4.69, 9.17) is 0 Å². The molecule has 2 aromatic rings. The molecular formula is C20H23FN2OS. The Hall–Kier alpha value is -1.72. The van der Waals surface area contributed by atoms with Crippen molar-refractivity contribution < 1.29 is 9.18 Å². The van der Waals surface area contributed by atoms with E-state index in [1.165, 1.54) is 43.1 Å². The van der Waals surface area contributed by atoms with Crippen molar-refractivity contribution >= 4 is 17.2 Å². The summed E-state index contributed by atoms with van der Waals surface area (Å²) in [7, 11) is 0. The first kappa shape index (κ1) is 16.7. The molecule has 1 saturated carbocycles. The van der Waals surface area contributed by atoms with Gasteiger partial charge >= 0.3 is 0 Å². The van der Waals surface area contributed by atoms with Gasteiger partial charge in [0.2, 0.25) is 0 Å². The summed E-state index contributed by atoms with van der Waals surface area (Å²) in [4.78, 5) is 18.8. The molecule has 0 spiro atoms. The molecule has 132 valence electrons. The highest BCUT2D eigenvalue weighted by molar-refractivity contribution is 7.17. The number of carbonyl (C=O) groups is 1. The molecular weight excluding hydrogens is 335 g/mol. The molecule has 1 aromatic heterocycles. The van der Waals surface area contributed by atoms with Gasteiger partial charge in [-0.05, 0) is 31.0 Å². The maximum Gasteiger partial charge on any atom is 0.264 e. The second kappa shape index (κ2) is 7.26. The van der Waals surface area contributed by atoms with E-state index in [-0.39, 0.29) is 11.7 Å². The van der Waals surface area contributed by atoms with Crippen molar-refractivity contribution in [2.45, 2.75) is 31.7 Å². The van der Waals surface area contributed by atoms with Gasteiger partial charge in [0.05, 0.1) is 4.88 Å². The molecule has 5 heteroatoms. The van der Waals surface area contributed by atoms with E-state index >= 15 is 0 Å². The van der Waals surface area contributed by atoms with Crippen LogP contribution in [0.1, 0.15) is 35.4 Å². The number of halogens is 1. The van der Waals surface area contributed by atoms with Gasteiger partial charge in [0.15, 0.2) is 0 Å². The van der Waals surface area contributed by atoms with E-state index in [1.54, 1.807) is 12.1 Å². The van der Waals surface area contributed by atoms with E-state index in [1.807, 2.05) is 23.1 Å². The maximum atomic E-state index is 13.9. The normalized spacial score (nSPS) is 19.5. The summed E-state index contributed by atoms with van der Waals surface area (Å²) < 4.78 is 13.9. The Balaban J connectivity index is 1.41. The molecule has 1 amide bonds. The van der Waals surface area contributed by atoms with Crippen molar-refractivity contribution in [1.82, 2.24) is 9.80 Å². The van der Waals surface area contributed by atoms with Crippen LogP contribution in [0, 0.1) is 5.82 Å². The average molecular weight is 358 g/mol. The Morgan fingerprint density at radius 1 is 1.00 bits per heavy atom. The predicted molar refractivity (Wildman–Crippen MR) is 99.4 cm³/mol. The van der Waals surface area contributed by atoms with Gasteiger partial charge in [-0.1, -0.05) is 31.0 Å². The highest BCUT2D eigenvalue weighted by atomic mass is 32.1. The van der Waals surface area contributed by atoms with Crippen LogP contribution in [0.4, 0.5) is 4.39 Å². The Morgan fingerprint density at radius 3 is 2.44 bits per heavy atom. The summed E-state index contributed by atoms with van der Waals surface area (Å²) in [5.74, 6) is -0.160. The average Bonchev–Trinajstić information content (AvgIpc) is 3.34. The number of nitrogens with zero attached hydrogens (tertiary/aromatic N) is 2. The summed E-state index contributed by atoms with van der Waals surface area (Å²) in [6.45, 7) is 3.54. The van der Waals surface area contributed by atoms with Crippen LogP contribution >= 0.6 is 11.3 Å². The lowest BCUT2D eigenvalue weighted by Gasteiger charge is -2.37. The number of hydrogen-bond acceptors (Lipinski definition) is 3. The van der Waals surface area contributed by atoms with Gasteiger partial charge < -0.3 is 4.90 Å². The van der Waals surface area contributed by atoms with Gasteiger partial charge in [-0.2, -0.15) is 0 Å². The number of carbonyl (C=O) groups excluding carboxylic acids is 1. The van der Waals surface area contributed by atoms with Crippen LogP contribution in [0.3, 0.4) is 0 Å². The van der Waals surface area contributed by atoms with Gasteiger partial charge in [-0.3, -0.25) is 9.69 Å². The number of thiophene rings is 1. The topological polar surface area (TPSA) is 23.6 Å². The molecule has 2 heterocycles. The molecule has 0 unspecified atom stereocenters. The lowest BCUT2D eigenvalue weighted by molar-refractivity contribution is 0.0578. The predicted octanol–water partition coefficient (Wildman–Crippen LogP) is 4.25. The van der Waals surface area contributed by atoms with Crippen molar-refractivity contribution in [2.75, 3.05) is 26.2 Å². The molecule has 1 aromatic carbocycles. The third-order valence-electron chi connectivity index (χ3n) is 5.40. The Morgan fingerprint density at radius 2 is 1.72 bits per heavy atom. The minimum Gasteiger partial charge on any atom is -0.335 e. The van der Waals surface area contributed by atoms with Crippen LogP contribution in [0.2, 0.25) is 0 Å². The number of rotatable bonds is 3. The van der Waals surface area contributed by atoms with Crippen LogP contribution in [0.15, 0.2) is 36.4 Å². The van der Waals surface area contributed by atoms with Crippen molar-refractivity contribution in [1.29, 1.82) is 0 Å².